The first-order chi connectivity index (χ1) is 26.6. The highest BCUT2D eigenvalue weighted by Crippen LogP contribution is 2.43. The normalized spacial score (nSPS) is 19.3. The smallest absolute Gasteiger partial charge is 0.462 e. The van der Waals surface area contributed by atoms with Crippen LogP contribution in [0.15, 0.2) is 48.9 Å². The molecule has 8 atom stereocenters. The molecule has 1 aliphatic heterocycles. The molecule has 0 spiro atoms. The van der Waals surface area contributed by atoms with Crippen molar-refractivity contribution in [3.8, 4) is 0 Å². The summed E-state index contributed by atoms with van der Waals surface area (Å²) >= 11 is 0. The first-order valence-electron chi connectivity index (χ1n) is 17.9. The highest BCUT2D eigenvalue weighted by atomic mass is 31.2. The lowest BCUT2D eigenvalue weighted by Gasteiger charge is -2.26. The van der Waals surface area contributed by atoms with E-state index < -0.39 is 101 Å². The molecule has 56 heavy (non-hydrogen) atoms. The van der Waals surface area contributed by atoms with Crippen molar-refractivity contribution in [2.24, 2.45) is 5.92 Å². The number of hydrogen-bond donors (Lipinski definition) is 7. The van der Waals surface area contributed by atoms with Crippen LogP contribution in [-0.2, 0) is 53.2 Å². The summed E-state index contributed by atoms with van der Waals surface area (Å²) < 4.78 is 43.9. The Balaban J connectivity index is 1.62. The molecule has 1 saturated heterocycles. The lowest BCUT2D eigenvalue weighted by atomic mass is 9.74. The summed E-state index contributed by atoms with van der Waals surface area (Å²) in [5, 5.41) is 39.9. The number of aliphatic hydroxyl groups excluding tert-OH is 3. The molecule has 3 rings (SSSR count). The van der Waals surface area contributed by atoms with Gasteiger partial charge in [-0.15, -0.1) is 0 Å². The third-order valence-corrected chi connectivity index (χ3v) is 9.03. The van der Waals surface area contributed by atoms with Crippen LogP contribution < -0.4 is 16.0 Å². The number of rotatable bonds is 24. The molecule has 0 bridgehead atoms. The highest BCUT2D eigenvalue weighted by molar-refractivity contribution is 7.47. The maximum Gasteiger partial charge on any atom is 0.481 e. The van der Waals surface area contributed by atoms with E-state index in [0.717, 1.165) is 19.4 Å². The largest absolute Gasteiger partial charge is 0.481 e. The van der Waals surface area contributed by atoms with Crippen LogP contribution in [0, 0.1) is 5.92 Å². The summed E-state index contributed by atoms with van der Waals surface area (Å²) in [5.74, 6) is -3.41. The van der Waals surface area contributed by atoms with Gasteiger partial charge in [0.15, 0.2) is 6.10 Å². The Hall–Kier alpha value is -3.89. The van der Waals surface area contributed by atoms with Gasteiger partial charge in [-0.2, -0.15) is 0 Å². The maximum atomic E-state index is 13.9. The Bertz CT molecular complexity index is 1580. The maximum absolute atomic E-state index is 13.9. The molecule has 1 fully saturated rings. The van der Waals surface area contributed by atoms with Crippen LogP contribution in [0.2, 0.25) is 0 Å². The van der Waals surface area contributed by atoms with Gasteiger partial charge < -0.3 is 54.9 Å². The average molecular weight is 812 g/mol. The Labute approximate surface area is 324 Å². The Morgan fingerprint density at radius 1 is 0.964 bits per heavy atom. The molecular formula is C34H51BN5O15P. The molecule has 2 heterocycles. The fourth-order valence-corrected chi connectivity index (χ4v) is 6.27. The Morgan fingerprint density at radius 3 is 2.27 bits per heavy atom. The average Bonchev–Trinajstić information content (AvgIpc) is 3.61. The summed E-state index contributed by atoms with van der Waals surface area (Å²) in [4.78, 5) is 67.2. The SMILES string of the molecule is CC(=O)OCC(COP(=O)(O)OCCNCC(O)C1OB([C@H](CC(C)C)NC(=O)[C@H](Cc2ccccc2)NC(=O)c2cnccn2)O[C@@H]1C(O)CO)OC(C)=O. The lowest BCUT2D eigenvalue weighted by Crippen LogP contribution is -2.55. The van der Waals surface area contributed by atoms with Crippen molar-refractivity contribution in [1.82, 2.24) is 25.9 Å². The molecule has 1 aliphatic rings. The fourth-order valence-electron chi connectivity index (χ4n) is 5.52. The van der Waals surface area contributed by atoms with Gasteiger partial charge in [0.2, 0.25) is 5.91 Å². The predicted molar refractivity (Wildman–Crippen MR) is 196 cm³/mol. The number of phosphoric ester groups is 1. The number of phosphoric acid groups is 1. The molecule has 1 aromatic carbocycles. The number of carbonyl (C=O) groups excluding carboxylic acids is 4. The topological polar surface area (TPSA) is 284 Å². The number of carbonyl (C=O) groups is 4. The summed E-state index contributed by atoms with van der Waals surface area (Å²) in [5.41, 5.74) is 0.782. The van der Waals surface area contributed by atoms with Crippen molar-refractivity contribution in [3.63, 3.8) is 0 Å². The molecule has 0 radical (unpaired) electrons. The summed E-state index contributed by atoms with van der Waals surface area (Å²) in [6, 6.07) is 7.98. The number of aromatic nitrogens is 2. The third kappa shape index (κ3) is 16.3. The van der Waals surface area contributed by atoms with E-state index in [-0.39, 0.29) is 37.7 Å². The molecule has 5 unspecified atom stereocenters. The van der Waals surface area contributed by atoms with Crippen molar-refractivity contribution in [1.29, 1.82) is 0 Å². The zero-order chi connectivity index (χ0) is 41.3. The molecular weight excluding hydrogens is 760 g/mol. The summed E-state index contributed by atoms with van der Waals surface area (Å²) in [6.07, 6.45) is -1.95. The van der Waals surface area contributed by atoms with Gasteiger partial charge in [-0.3, -0.25) is 33.2 Å². The van der Waals surface area contributed by atoms with E-state index in [9.17, 15) is 44.0 Å². The van der Waals surface area contributed by atoms with Crippen LogP contribution in [0.1, 0.15) is 50.2 Å². The van der Waals surface area contributed by atoms with Crippen LogP contribution in [-0.4, -0.2) is 143 Å². The number of nitrogens with zero attached hydrogens (tertiary/aromatic N) is 2. The third-order valence-electron chi connectivity index (χ3n) is 8.05. The minimum atomic E-state index is -4.65. The number of hydrogen-bond acceptors (Lipinski definition) is 17. The molecule has 2 amide bonds. The van der Waals surface area contributed by atoms with Gasteiger partial charge in [-0.05, 0) is 17.9 Å². The van der Waals surface area contributed by atoms with E-state index in [1.165, 1.54) is 18.6 Å². The van der Waals surface area contributed by atoms with Crippen LogP contribution in [0.25, 0.3) is 0 Å². The number of ether oxygens (including phenoxy) is 2. The van der Waals surface area contributed by atoms with E-state index in [0.29, 0.717) is 6.42 Å². The van der Waals surface area contributed by atoms with Crippen LogP contribution >= 0.6 is 7.82 Å². The number of esters is 2. The van der Waals surface area contributed by atoms with Crippen molar-refractivity contribution >= 4 is 38.7 Å². The number of nitrogens with one attached hydrogen (secondary N) is 3. The highest BCUT2D eigenvalue weighted by Gasteiger charge is 2.50. The van der Waals surface area contributed by atoms with Crippen molar-refractivity contribution < 1.29 is 71.8 Å². The second-order valence-corrected chi connectivity index (χ2v) is 14.7. The van der Waals surface area contributed by atoms with Gasteiger partial charge in [0, 0.05) is 45.8 Å². The van der Waals surface area contributed by atoms with E-state index in [4.69, 9.17) is 27.8 Å². The van der Waals surface area contributed by atoms with Crippen LogP contribution in [0.4, 0.5) is 0 Å². The Morgan fingerprint density at radius 2 is 1.66 bits per heavy atom. The van der Waals surface area contributed by atoms with E-state index in [1.54, 1.807) is 12.1 Å². The molecule has 310 valence electrons. The molecule has 1 aromatic heterocycles. The number of benzene rings is 1. The quantitative estimate of drug-likeness (QED) is 0.0292. The lowest BCUT2D eigenvalue weighted by molar-refractivity contribution is -0.158. The number of aliphatic hydroxyl groups is 3. The van der Waals surface area contributed by atoms with Crippen molar-refractivity contribution in [2.45, 2.75) is 83.0 Å². The molecule has 20 nitrogen and oxygen atoms in total. The van der Waals surface area contributed by atoms with Gasteiger partial charge in [0.25, 0.3) is 5.91 Å². The molecule has 7 N–H and O–H groups in total. The first-order valence-corrected chi connectivity index (χ1v) is 19.4. The van der Waals surface area contributed by atoms with Crippen LogP contribution in [0.3, 0.4) is 0 Å². The standard InChI is InChI=1S/C34H51BN5O15P/c1-21(2)14-30(40-33(46)26(15-24-8-6-5-7-9-24)39-34(47)27-16-36-10-11-38-27)35-54-31(32(55-35)29(45)18-41)28(44)17-37-12-13-51-56(48,49)52-20-25(53-23(4)43)19-50-22(3)42/h5-11,16,21,25-26,28-32,37,41,44-45H,12-15,17-20H2,1-4H3,(H,39,47)(H,40,46)(H,48,49)/t25?,26-,28?,29?,30-,31?,32+/m0/s1. The predicted octanol–water partition coefficient (Wildman–Crippen LogP) is -0.908. The van der Waals surface area contributed by atoms with E-state index >= 15 is 0 Å². The monoisotopic (exact) mass is 811 g/mol. The molecule has 22 heteroatoms. The zero-order valence-corrected chi connectivity index (χ0v) is 32.5. The van der Waals surface area contributed by atoms with Crippen molar-refractivity contribution in [2.75, 3.05) is 39.5 Å². The second kappa shape index (κ2) is 23.4. The molecule has 0 aliphatic carbocycles. The van der Waals surface area contributed by atoms with Crippen LogP contribution in [0.5, 0.6) is 0 Å². The minimum Gasteiger partial charge on any atom is -0.462 e. The van der Waals surface area contributed by atoms with E-state index in [1.807, 2.05) is 32.0 Å². The van der Waals surface area contributed by atoms with Gasteiger partial charge >= 0.3 is 26.9 Å². The summed E-state index contributed by atoms with van der Waals surface area (Å²) in [6.45, 7) is 3.65. The van der Waals surface area contributed by atoms with E-state index in [2.05, 4.69) is 25.9 Å². The fraction of sp³-hybridized carbons (Fsp3) is 0.588. The molecule has 2 aromatic rings. The Kier molecular flexibility index (Phi) is 19.4. The van der Waals surface area contributed by atoms with Gasteiger partial charge in [0.05, 0.1) is 50.3 Å². The first kappa shape index (κ1) is 46.5. The zero-order valence-electron chi connectivity index (χ0n) is 31.6. The van der Waals surface area contributed by atoms with Gasteiger partial charge in [-0.25, -0.2) is 9.55 Å². The summed E-state index contributed by atoms with van der Waals surface area (Å²) in [7, 11) is -5.84. The minimum absolute atomic E-state index is 0.00554. The van der Waals surface area contributed by atoms with Crippen molar-refractivity contribution in [3.05, 3.63) is 60.2 Å². The van der Waals surface area contributed by atoms with Gasteiger partial charge in [-0.1, -0.05) is 44.2 Å². The number of amides is 2. The van der Waals surface area contributed by atoms with Gasteiger partial charge in [0.1, 0.15) is 24.4 Å². The second-order valence-electron chi connectivity index (χ2n) is 13.3. The molecule has 0 saturated carbocycles.